The Morgan fingerprint density at radius 3 is 2.43 bits per heavy atom. The molecule has 1 amide bonds. The first kappa shape index (κ1) is 28.1. The van der Waals surface area contributed by atoms with Crippen molar-refractivity contribution in [1.29, 1.82) is 5.26 Å². The summed E-state index contributed by atoms with van der Waals surface area (Å²) in [5, 5.41) is 14.4. The van der Waals surface area contributed by atoms with Gasteiger partial charge in [-0.3, -0.25) is 9.59 Å². The maximum atomic E-state index is 12.4. The van der Waals surface area contributed by atoms with Gasteiger partial charge in [-0.1, -0.05) is 18.2 Å². The van der Waals surface area contributed by atoms with Gasteiger partial charge >= 0.3 is 5.97 Å². The number of hydrogen-bond donors (Lipinski definition) is 2. The van der Waals surface area contributed by atoms with E-state index in [0.29, 0.717) is 13.2 Å². The molecule has 198 valence electrons. The lowest BCUT2D eigenvalue weighted by Gasteiger charge is -2.29. The molecule has 3 N–H and O–H groups in total. The van der Waals surface area contributed by atoms with Crippen molar-refractivity contribution in [2.45, 2.75) is 25.7 Å². The minimum Gasteiger partial charge on any atom is -0.463 e. The third-order valence-electron chi connectivity index (χ3n) is 5.99. The van der Waals surface area contributed by atoms with E-state index >= 15 is 0 Å². The Morgan fingerprint density at radius 1 is 0.973 bits per heavy atom. The van der Waals surface area contributed by atoms with Gasteiger partial charge in [0, 0.05) is 31.9 Å². The molecule has 0 spiro atoms. The third-order valence-corrected chi connectivity index (χ3v) is 5.99. The fourth-order valence-electron chi connectivity index (χ4n) is 4.06. The van der Waals surface area contributed by atoms with Crippen LogP contribution in [0.3, 0.4) is 0 Å². The Morgan fingerprint density at radius 2 is 1.68 bits per heavy atom. The number of nitrogens with one attached hydrogen (secondary N) is 1. The number of nitrogens with two attached hydrogens (primary N) is 1. The molecule has 0 unspecified atom stereocenters. The molecular formula is C28H36N4O5. The van der Waals surface area contributed by atoms with Gasteiger partial charge in [-0.15, -0.1) is 0 Å². The maximum absolute atomic E-state index is 12.4. The van der Waals surface area contributed by atoms with Crippen LogP contribution in [0.25, 0.3) is 16.8 Å². The first-order chi connectivity index (χ1) is 18.1. The van der Waals surface area contributed by atoms with E-state index in [1.54, 1.807) is 6.08 Å². The number of amides is 1. The van der Waals surface area contributed by atoms with E-state index in [9.17, 15) is 14.9 Å². The average molecular weight is 509 g/mol. The summed E-state index contributed by atoms with van der Waals surface area (Å²) in [5.74, 6) is -0.784. The van der Waals surface area contributed by atoms with Gasteiger partial charge in [0.2, 0.25) is 0 Å². The van der Waals surface area contributed by atoms with Crippen molar-refractivity contribution >= 4 is 34.4 Å². The number of nitrogens with zero attached hydrogens (tertiary/aromatic N) is 2. The smallest absolute Gasteiger partial charge is 0.307 e. The van der Waals surface area contributed by atoms with E-state index in [1.165, 1.54) is 24.9 Å². The van der Waals surface area contributed by atoms with E-state index < -0.39 is 5.91 Å². The van der Waals surface area contributed by atoms with Crippen molar-refractivity contribution in [2.24, 2.45) is 5.73 Å². The lowest BCUT2D eigenvalue weighted by Crippen LogP contribution is -2.29. The molecular weight excluding hydrogens is 472 g/mol. The van der Waals surface area contributed by atoms with Crippen molar-refractivity contribution in [2.75, 3.05) is 64.1 Å². The number of nitriles is 1. The lowest BCUT2D eigenvalue weighted by atomic mass is 10.0. The predicted octanol–water partition coefficient (Wildman–Crippen LogP) is 2.78. The minimum absolute atomic E-state index is 0.0387. The second kappa shape index (κ2) is 15.6. The van der Waals surface area contributed by atoms with Crippen molar-refractivity contribution in [3.05, 3.63) is 47.5 Å². The van der Waals surface area contributed by atoms with Gasteiger partial charge in [0.1, 0.15) is 18.2 Å². The highest BCUT2D eigenvalue weighted by Crippen LogP contribution is 2.26. The van der Waals surface area contributed by atoms with Crippen LogP contribution < -0.4 is 16.0 Å². The Bertz CT molecular complexity index is 1110. The maximum Gasteiger partial charge on any atom is 0.307 e. The largest absolute Gasteiger partial charge is 0.463 e. The molecule has 0 saturated carbocycles. The summed E-state index contributed by atoms with van der Waals surface area (Å²) in [6.07, 6.45) is 5.56. The van der Waals surface area contributed by atoms with E-state index in [4.69, 9.17) is 19.9 Å². The van der Waals surface area contributed by atoms with Crippen LogP contribution in [0, 0.1) is 11.3 Å². The van der Waals surface area contributed by atoms with E-state index in [0.717, 1.165) is 29.4 Å². The Hall–Kier alpha value is -3.45. The van der Waals surface area contributed by atoms with Gasteiger partial charge in [-0.2, -0.15) is 5.26 Å². The number of esters is 1. The fourth-order valence-corrected chi connectivity index (χ4v) is 4.06. The second-order valence-electron chi connectivity index (χ2n) is 8.75. The molecule has 1 heterocycles. The van der Waals surface area contributed by atoms with Crippen molar-refractivity contribution in [3.63, 3.8) is 0 Å². The summed E-state index contributed by atoms with van der Waals surface area (Å²) in [7, 11) is 0. The molecule has 0 radical (unpaired) electrons. The molecule has 2 aromatic rings. The quantitative estimate of drug-likeness (QED) is 0.173. The third kappa shape index (κ3) is 9.50. The molecule has 1 aliphatic heterocycles. The minimum atomic E-state index is -0.442. The van der Waals surface area contributed by atoms with Crippen LogP contribution in [0.5, 0.6) is 0 Å². The Kier molecular flexibility index (Phi) is 11.9. The lowest BCUT2D eigenvalue weighted by molar-refractivity contribution is -0.145. The number of hydrogen-bond acceptors (Lipinski definition) is 8. The molecule has 0 aromatic heterocycles. The zero-order valence-corrected chi connectivity index (χ0v) is 21.2. The SMILES string of the molecule is N#C/C(=C\c1ccc2cc(N3CCCCC3)ccc2c1)C(=O)NCCOCCOCCOC(=O)CCN. The molecule has 3 rings (SSSR count). The van der Waals surface area contributed by atoms with Crippen molar-refractivity contribution in [1.82, 2.24) is 5.32 Å². The van der Waals surface area contributed by atoms with Gasteiger partial charge in [0.05, 0.1) is 32.8 Å². The average Bonchev–Trinajstić information content (AvgIpc) is 2.92. The topological polar surface area (TPSA) is 127 Å². The van der Waals surface area contributed by atoms with Gasteiger partial charge in [-0.25, -0.2) is 0 Å². The molecule has 1 aliphatic rings. The number of fused-ring (bicyclic) bond motifs is 1. The summed E-state index contributed by atoms with van der Waals surface area (Å²) in [6, 6.07) is 14.4. The van der Waals surface area contributed by atoms with Gasteiger partial charge in [0.15, 0.2) is 0 Å². The molecule has 0 bridgehead atoms. The zero-order chi connectivity index (χ0) is 26.3. The zero-order valence-electron chi connectivity index (χ0n) is 21.2. The number of benzene rings is 2. The predicted molar refractivity (Wildman–Crippen MR) is 143 cm³/mol. The van der Waals surface area contributed by atoms with Crippen LogP contribution in [0.4, 0.5) is 5.69 Å². The van der Waals surface area contributed by atoms with Crippen LogP contribution in [0.2, 0.25) is 0 Å². The summed E-state index contributed by atoms with van der Waals surface area (Å²) in [6.45, 7) is 4.15. The molecule has 2 aromatic carbocycles. The number of rotatable bonds is 14. The Labute approximate surface area is 218 Å². The summed E-state index contributed by atoms with van der Waals surface area (Å²) < 4.78 is 15.6. The number of anilines is 1. The van der Waals surface area contributed by atoms with E-state index in [2.05, 4.69) is 28.4 Å². The molecule has 9 nitrogen and oxygen atoms in total. The van der Waals surface area contributed by atoms with Crippen LogP contribution >= 0.6 is 0 Å². The highest BCUT2D eigenvalue weighted by molar-refractivity contribution is 6.02. The first-order valence-corrected chi connectivity index (χ1v) is 12.8. The molecule has 1 fully saturated rings. The van der Waals surface area contributed by atoms with Gasteiger partial charge in [-0.05, 0) is 59.9 Å². The van der Waals surface area contributed by atoms with E-state index in [-0.39, 0.29) is 50.9 Å². The first-order valence-electron chi connectivity index (χ1n) is 12.8. The van der Waals surface area contributed by atoms with Crippen molar-refractivity contribution in [3.8, 4) is 6.07 Å². The van der Waals surface area contributed by atoms with Crippen LogP contribution in [0.15, 0.2) is 42.0 Å². The van der Waals surface area contributed by atoms with Crippen LogP contribution in [-0.2, 0) is 23.8 Å². The van der Waals surface area contributed by atoms with Crippen LogP contribution in [-0.4, -0.2) is 71.1 Å². The number of piperidine rings is 1. The number of carbonyl (C=O) groups is 2. The summed E-state index contributed by atoms with van der Waals surface area (Å²) in [5.41, 5.74) is 7.34. The Balaban J connectivity index is 1.39. The summed E-state index contributed by atoms with van der Waals surface area (Å²) in [4.78, 5) is 26.0. The van der Waals surface area contributed by atoms with E-state index in [1.807, 2.05) is 24.3 Å². The highest BCUT2D eigenvalue weighted by atomic mass is 16.6. The molecule has 37 heavy (non-hydrogen) atoms. The normalized spacial score (nSPS) is 13.8. The standard InChI is InChI=1S/C28H36N4O5/c29-9-8-27(33)37-17-16-36-15-14-35-13-10-31-28(34)25(21-30)19-22-4-5-24-20-26(7-6-23(24)18-22)32-11-2-1-3-12-32/h4-7,18-20H,1-3,8-17,29H2,(H,31,34)/b25-19+. The molecule has 0 atom stereocenters. The van der Waals surface area contributed by atoms with Crippen molar-refractivity contribution < 1.29 is 23.8 Å². The summed E-state index contributed by atoms with van der Waals surface area (Å²) >= 11 is 0. The monoisotopic (exact) mass is 508 g/mol. The molecule has 9 heteroatoms. The van der Waals surface area contributed by atoms with Gasteiger partial charge < -0.3 is 30.2 Å². The number of ether oxygens (including phenoxy) is 3. The molecule has 0 aliphatic carbocycles. The van der Waals surface area contributed by atoms with Gasteiger partial charge in [0.25, 0.3) is 5.91 Å². The fraction of sp³-hybridized carbons (Fsp3) is 0.464. The van der Waals surface area contributed by atoms with Crippen LogP contribution in [0.1, 0.15) is 31.2 Å². The highest BCUT2D eigenvalue weighted by Gasteiger charge is 2.12. The number of carbonyl (C=O) groups excluding carboxylic acids is 2. The molecule has 1 saturated heterocycles. The second-order valence-corrected chi connectivity index (χ2v) is 8.75.